The van der Waals surface area contributed by atoms with Crippen molar-refractivity contribution in [3.8, 4) is 0 Å². The minimum absolute atomic E-state index is 0.326. The molecule has 0 fully saturated rings. The highest BCUT2D eigenvalue weighted by Gasteiger charge is 2.47. The summed E-state index contributed by atoms with van der Waals surface area (Å²) in [4.78, 5) is 25.9. The van der Waals surface area contributed by atoms with Crippen molar-refractivity contribution in [1.82, 2.24) is 4.90 Å². The Morgan fingerprint density at radius 2 is 1.91 bits per heavy atom. The van der Waals surface area contributed by atoms with E-state index in [1.807, 2.05) is 13.2 Å². The number of carbonyl (C=O) groups is 2. The third kappa shape index (κ3) is 5.97. The molecule has 0 saturated heterocycles. The molecule has 0 aliphatic heterocycles. The van der Waals surface area contributed by atoms with Crippen LogP contribution in [0, 0.1) is 5.92 Å². The van der Waals surface area contributed by atoms with Gasteiger partial charge in [-0.2, -0.15) is 11.8 Å². The van der Waals surface area contributed by atoms with E-state index >= 15 is 0 Å². The first-order valence-corrected chi connectivity index (χ1v) is 9.74. The first kappa shape index (κ1) is 22.2. The normalized spacial score (nSPS) is 16.4. The van der Waals surface area contributed by atoms with Crippen molar-refractivity contribution in [1.29, 1.82) is 0 Å². The molecule has 7 heteroatoms. The van der Waals surface area contributed by atoms with Gasteiger partial charge in [0.25, 0.3) is 0 Å². The second kappa shape index (κ2) is 10.9. The van der Waals surface area contributed by atoms with Gasteiger partial charge in [0.05, 0.1) is 6.04 Å². The van der Waals surface area contributed by atoms with Crippen molar-refractivity contribution in [2.45, 2.75) is 64.6 Å². The Morgan fingerprint density at radius 3 is 2.35 bits per heavy atom. The van der Waals surface area contributed by atoms with Gasteiger partial charge in [-0.25, -0.2) is 4.79 Å². The molecule has 0 aliphatic rings. The number of nitrogens with two attached hydrogens (primary N) is 2. The van der Waals surface area contributed by atoms with Crippen LogP contribution in [-0.2, 0) is 9.59 Å². The summed E-state index contributed by atoms with van der Waals surface area (Å²) in [5.74, 6) is -1.14. The molecule has 0 aliphatic carbocycles. The highest BCUT2D eigenvalue weighted by Crippen LogP contribution is 2.25. The van der Waals surface area contributed by atoms with E-state index in [4.69, 9.17) is 11.5 Å². The standard InChI is InChI=1S/C16H33N3O3S/c1-5-7-8-10-19(14(20)13(17)9-11-23-4)16(18,15(21)22)12(3)6-2/h12-13H,5-11,17-18H2,1-4H3,(H,21,22). The van der Waals surface area contributed by atoms with Crippen LogP contribution >= 0.6 is 11.8 Å². The summed E-state index contributed by atoms with van der Waals surface area (Å²) in [6.07, 6.45) is 5.65. The lowest BCUT2D eigenvalue weighted by molar-refractivity contribution is -0.164. The van der Waals surface area contributed by atoms with Gasteiger partial charge in [0, 0.05) is 12.5 Å². The van der Waals surface area contributed by atoms with Gasteiger partial charge in [0.1, 0.15) is 0 Å². The van der Waals surface area contributed by atoms with E-state index in [1.54, 1.807) is 18.7 Å². The van der Waals surface area contributed by atoms with Gasteiger partial charge in [0.15, 0.2) is 5.66 Å². The van der Waals surface area contributed by atoms with Gasteiger partial charge >= 0.3 is 5.97 Å². The molecule has 0 aromatic rings. The Kier molecular flexibility index (Phi) is 10.5. The number of carboxylic acids is 1. The highest BCUT2D eigenvalue weighted by atomic mass is 32.2. The van der Waals surface area contributed by atoms with Crippen LogP contribution in [0.4, 0.5) is 0 Å². The Balaban J connectivity index is 5.46. The van der Waals surface area contributed by atoms with E-state index in [-0.39, 0.29) is 11.8 Å². The quantitative estimate of drug-likeness (QED) is 0.367. The van der Waals surface area contributed by atoms with E-state index in [0.29, 0.717) is 19.4 Å². The number of carboxylic acid groups (broad SMARTS) is 1. The number of rotatable bonds is 12. The first-order chi connectivity index (χ1) is 10.8. The van der Waals surface area contributed by atoms with Gasteiger partial charge in [-0.05, 0) is 31.3 Å². The fourth-order valence-corrected chi connectivity index (χ4v) is 2.96. The summed E-state index contributed by atoms with van der Waals surface area (Å²) >= 11 is 1.61. The molecule has 1 amide bonds. The van der Waals surface area contributed by atoms with Crippen LogP contribution in [0.2, 0.25) is 0 Å². The fourth-order valence-electron chi connectivity index (χ4n) is 2.47. The molecule has 5 N–H and O–H groups in total. The van der Waals surface area contributed by atoms with Crippen molar-refractivity contribution in [3.05, 3.63) is 0 Å². The molecular weight excluding hydrogens is 314 g/mol. The van der Waals surface area contributed by atoms with Crippen molar-refractivity contribution < 1.29 is 14.7 Å². The molecule has 0 aromatic heterocycles. The number of aliphatic carboxylic acids is 1. The molecule has 136 valence electrons. The van der Waals surface area contributed by atoms with Gasteiger partial charge < -0.3 is 15.7 Å². The second-order valence-electron chi connectivity index (χ2n) is 6.02. The van der Waals surface area contributed by atoms with Crippen molar-refractivity contribution >= 4 is 23.6 Å². The monoisotopic (exact) mass is 347 g/mol. The molecular formula is C16H33N3O3S. The number of hydrogen-bond donors (Lipinski definition) is 3. The van der Waals surface area contributed by atoms with Crippen molar-refractivity contribution in [2.75, 3.05) is 18.6 Å². The highest BCUT2D eigenvalue weighted by molar-refractivity contribution is 7.98. The molecule has 0 radical (unpaired) electrons. The number of amides is 1. The lowest BCUT2D eigenvalue weighted by Crippen LogP contribution is -2.69. The van der Waals surface area contributed by atoms with E-state index in [1.165, 1.54) is 4.90 Å². The zero-order chi connectivity index (χ0) is 18.0. The van der Waals surface area contributed by atoms with Crippen LogP contribution < -0.4 is 11.5 Å². The molecule has 0 rings (SSSR count). The van der Waals surface area contributed by atoms with E-state index in [2.05, 4.69) is 6.92 Å². The summed E-state index contributed by atoms with van der Waals surface area (Å²) in [5.41, 5.74) is 10.5. The predicted octanol–water partition coefficient (Wildman–Crippen LogP) is 1.87. The molecule has 0 spiro atoms. The maximum absolute atomic E-state index is 12.8. The van der Waals surface area contributed by atoms with Crippen LogP contribution in [0.1, 0.15) is 52.9 Å². The maximum atomic E-state index is 12.8. The Bertz CT molecular complexity index is 382. The number of unbranched alkanes of at least 4 members (excludes halogenated alkanes) is 2. The average Bonchev–Trinajstić information content (AvgIpc) is 2.54. The molecule has 3 unspecified atom stereocenters. The molecule has 6 nitrogen and oxygen atoms in total. The number of hydrogen-bond acceptors (Lipinski definition) is 5. The summed E-state index contributed by atoms with van der Waals surface area (Å²) in [6.45, 7) is 6.02. The minimum atomic E-state index is -1.71. The zero-order valence-corrected chi connectivity index (χ0v) is 15.7. The number of thioether (sulfide) groups is 1. The summed E-state index contributed by atoms with van der Waals surface area (Å²) in [7, 11) is 0. The molecule has 0 bridgehead atoms. The van der Waals surface area contributed by atoms with Crippen LogP contribution in [-0.4, -0.2) is 52.1 Å². The van der Waals surface area contributed by atoms with Gasteiger partial charge in [-0.1, -0.05) is 33.6 Å². The van der Waals surface area contributed by atoms with Crippen molar-refractivity contribution in [3.63, 3.8) is 0 Å². The lowest BCUT2D eigenvalue weighted by atomic mass is 9.89. The fraction of sp³-hybridized carbons (Fsp3) is 0.875. The van der Waals surface area contributed by atoms with E-state index in [0.717, 1.165) is 25.0 Å². The Morgan fingerprint density at radius 1 is 1.30 bits per heavy atom. The molecule has 0 saturated carbocycles. The molecule has 3 atom stereocenters. The first-order valence-electron chi connectivity index (χ1n) is 8.35. The Hall–Kier alpha value is -0.790. The van der Waals surface area contributed by atoms with Crippen LogP contribution in [0.5, 0.6) is 0 Å². The van der Waals surface area contributed by atoms with Crippen LogP contribution in [0.3, 0.4) is 0 Å². The van der Waals surface area contributed by atoms with Crippen molar-refractivity contribution in [2.24, 2.45) is 17.4 Å². The molecule has 23 heavy (non-hydrogen) atoms. The summed E-state index contributed by atoms with van der Waals surface area (Å²) in [5, 5.41) is 9.70. The van der Waals surface area contributed by atoms with Gasteiger partial charge in [-0.15, -0.1) is 0 Å². The minimum Gasteiger partial charge on any atom is -0.478 e. The number of carbonyl (C=O) groups excluding carboxylic acids is 1. The topological polar surface area (TPSA) is 110 Å². The summed E-state index contributed by atoms with van der Waals surface area (Å²) < 4.78 is 0. The van der Waals surface area contributed by atoms with Gasteiger partial charge in [-0.3, -0.25) is 10.5 Å². The number of nitrogens with zero attached hydrogens (tertiary/aromatic N) is 1. The lowest BCUT2D eigenvalue weighted by Gasteiger charge is -2.42. The average molecular weight is 348 g/mol. The van der Waals surface area contributed by atoms with E-state index < -0.39 is 17.7 Å². The second-order valence-corrected chi connectivity index (χ2v) is 7.01. The van der Waals surface area contributed by atoms with Gasteiger partial charge in [0.2, 0.25) is 5.91 Å². The smallest absolute Gasteiger partial charge is 0.344 e. The van der Waals surface area contributed by atoms with E-state index in [9.17, 15) is 14.7 Å². The maximum Gasteiger partial charge on any atom is 0.344 e. The third-order valence-corrected chi connectivity index (χ3v) is 5.00. The van der Waals surface area contributed by atoms with Crippen LogP contribution in [0.15, 0.2) is 0 Å². The summed E-state index contributed by atoms with van der Waals surface area (Å²) in [6, 6.07) is -0.713. The molecule has 0 heterocycles. The Labute approximate surface area is 144 Å². The largest absolute Gasteiger partial charge is 0.478 e. The third-order valence-electron chi connectivity index (χ3n) is 4.35. The molecule has 0 aromatic carbocycles. The SMILES string of the molecule is CCCCCN(C(=O)C(N)CCSC)C(N)(C(=O)O)C(C)CC. The zero-order valence-electron chi connectivity index (χ0n) is 14.9. The van der Waals surface area contributed by atoms with Crippen LogP contribution in [0.25, 0.3) is 0 Å². The predicted molar refractivity (Wildman–Crippen MR) is 96.2 cm³/mol.